The third kappa shape index (κ3) is 4.06. The van der Waals surface area contributed by atoms with Crippen LogP contribution in [0.15, 0.2) is 30.3 Å². The summed E-state index contributed by atoms with van der Waals surface area (Å²) in [5.41, 5.74) is 1.09. The Kier molecular flexibility index (Phi) is 5.35. The van der Waals surface area contributed by atoms with Crippen molar-refractivity contribution in [3.8, 4) is 0 Å². The Morgan fingerprint density at radius 1 is 1.25 bits per heavy atom. The Morgan fingerprint density at radius 3 is 2.71 bits per heavy atom. The van der Waals surface area contributed by atoms with Gasteiger partial charge in [0.05, 0.1) is 12.1 Å². The molecule has 3 rings (SSSR count). The van der Waals surface area contributed by atoms with Crippen LogP contribution >= 0.6 is 0 Å². The van der Waals surface area contributed by atoms with Crippen molar-refractivity contribution in [1.29, 1.82) is 0 Å². The first kappa shape index (κ1) is 16.8. The second-order valence-corrected chi connectivity index (χ2v) is 6.69. The SMILES string of the molecule is O=C(CN1CCC(c2ccccc2)NC1=O)NC[C@@H]1CCC[C@H]1O. The number of hydrogen-bond acceptors (Lipinski definition) is 3. The average Bonchev–Trinajstić information content (AvgIpc) is 3.01. The van der Waals surface area contributed by atoms with Crippen molar-refractivity contribution >= 4 is 11.9 Å². The average molecular weight is 331 g/mol. The molecule has 130 valence electrons. The third-order valence-corrected chi connectivity index (χ3v) is 4.99. The number of carbonyl (C=O) groups is 2. The van der Waals surface area contributed by atoms with Crippen LogP contribution in [-0.4, -0.2) is 47.7 Å². The summed E-state index contributed by atoms with van der Waals surface area (Å²) >= 11 is 0. The molecule has 2 aliphatic rings. The second-order valence-electron chi connectivity index (χ2n) is 6.69. The Bertz CT molecular complexity index is 578. The van der Waals surface area contributed by atoms with Crippen molar-refractivity contribution in [3.63, 3.8) is 0 Å². The van der Waals surface area contributed by atoms with Gasteiger partial charge in [-0.15, -0.1) is 0 Å². The van der Waals surface area contributed by atoms with Gasteiger partial charge in [-0.25, -0.2) is 4.79 Å². The van der Waals surface area contributed by atoms with Gasteiger partial charge in [0.1, 0.15) is 6.54 Å². The van der Waals surface area contributed by atoms with E-state index in [2.05, 4.69) is 10.6 Å². The standard InChI is InChI=1S/C18H25N3O3/c22-16-8-4-7-14(16)11-19-17(23)12-21-10-9-15(20-18(21)24)13-5-2-1-3-6-13/h1-3,5-6,14-16,22H,4,7-12H2,(H,19,23)(H,20,24)/t14-,15?,16+/m0/s1. The molecule has 2 fully saturated rings. The lowest BCUT2D eigenvalue weighted by atomic mass is 10.0. The quantitative estimate of drug-likeness (QED) is 0.763. The Balaban J connectivity index is 1.45. The topological polar surface area (TPSA) is 81.7 Å². The molecule has 0 bridgehead atoms. The molecule has 0 spiro atoms. The maximum Gasteiger partial charge on any atom is 0.318 e. The Morgan fingerprint density at radius 2 is 2.04 bits per heavy atom. The van der Waals surface area contributed by atoms with Gasteiger partial charge in [0, 0.05) is 19.0 Å². The Labute approximate surface area is 142 Å². The van der Waals surface area contributed by atoms with E-state index < -0.39 is 0 Å². The number of urea groups is 1. The summed E-state index contributed by atoms with van der Waals surface area (Å²) in [6.07, 6.45) is 3.25. The summed E-state index contributed by atoms with van der Waals surface area (Å²) in [5, 5.41) is 15.6. The summed E-state index contributed by atoms with van der Waals surface area (Å²) in [7, 11) is 0. The Hall–Kier alpha value is -2.08. The minimum absolute atomic E-state index is 0.00615. The highest BCUT2D eigenvalue weighted by Gasteiger charge is 2.28. The maximum atomic E-state index is 12.2. The number of aliphatic hydroxyl groups excluding tert-OH is 1. The van der Waals surface area contributed by atoms with Crippen LogP contribution in [-0.2, 0) is 4.79 Å². The van der Waals surface area contributed by atoms with Crippen LogP contribution in [0.2, 0.25) is 0 Å². The van der Waals surface area contributed by atoms with Crippen LogP contribution in [0.5, 0.6) is 0 Å². The van der Waals surface area contributed by atoms with Crippen molar-refractivity contribution < 1.29 is 14.7 Å². The van der Waals surface area contributed by atoms with Crippen molar-refractivity contribution in [1.82, 2.24) is 15.5 Å². The van der Waals surface area contributed by atoms with Crippen LogP contribution in [0.1, 0.15) is 37.3 Å². The molecule has 24 heavy (non-hydrogen) atoms. The summed E-state index contributed by atoms with van der Waals surface area (Å²) in [6, 6.07) is 9.67. The van der Waals surface area contributed by atoms with Crippen LogP contribution < -0.4 is 10.6 Å². The molecule has 3 amide bonds. The molecule has 3 N–H and O–H groups in total. The summed E-state index contributed by atoms with van der Waals surface area (Å²) < 4.78 is 0. The van der Waals surface area contributed by atoms with E-state index in [4.69, 9.17) is 0 Å². The first-order valence-electron chi connectivity index (χ1n) is 8.68. The highest BCUT2D eigenvalue weighted by atomic mass is 16.3. The van der Waals surface area contributed by atoms with Gasteiger partial charge in [-0.2, -0.15) is 0 Å². The van der Waals surface area contributed by atoms with Crippen LogP contribution in [0.4, 0.5) is 4.79 Å². The van der Waals surface area contributed by atoms with E-state index in [0.717, 1.165) is 31.2 Å². The van der Waals surface area contributed by atoms with Crippen molar-refractivity contribution in [2.75, 3.05) is 19.6 Å². The van der Waals surface area contributed by atoms with Gasteiger partial charge < -0.3 is 20.6 Å². The lowest BCUT2D eigenvalue weighted by Gasteiger charge is -2.32. The largest absolute Gasteiger partial charge is 0.393 e. The first-order valence-corrected chi connectivity index (χ1v) is 8.68. The molecule has 1 aliphatic carbocycles. The van der Waals surface area contributed by atoms with Crippen LogP contribution in [0.25, 0.3) is 0 Å². The summed E-state index contributed by atoms with van der Waals surface area (Å²) in [4.78, 5) is 25.8. The zero-order chi connectivity index (χ0) is 16.9. The van der Waals surface area contributed by atoms with Gasteiger partial charge in [-0.1, -0.05) is 36.8 Å². The molecule has 1 aliphatic heterocycles. The number of nitrogens with zero attached hydrogens (tertiary/aromatic N) is 1. The number of hydrogen-bond donors (Lipinski definition) is 3. The van der Waals surface area contributed by atoms with Crippen LogP contribution in [0.3, 0.4) is 0 Å². The molecular formula is C18H25N3O3. The molecular weight excluding hydrogens is 306 g/mol. The van der Waals surface area contributed by atoms with E-state index in [1.165, 1.54) is 0 Å². The predicted octanol–water partition coefficient (Wildman–Crippen LogP) is 1.42. The zero-order valence-corrected chi connectivity index (χ0v) is 13.8. The molecule has 1 aromatic carbocycles. The van der Waals surface area contributed by atoms with E-state index in [0.29, 0.717) is 13.1 Å². The van der Waals surface area contributed by atoms with Crippen molar-refractivity contribution in [2.45, 2.75) is 37.8 Å². The fourth-order valence-electron chi connectivity index (χ4n) is 3.51. The van der Waals surface area contributed by atoms with Crippen LogP contribution in [0, 0.1) is 5.92 Å². The smallest absolute Gasteiger partial charge is 0.318 e. The van der Waals surface area contributed by atoms with Gasteiger partial charge >= 0.3 is 6.03 Å². The van der Waals surface area contributed by atoms with Gasteiger partial charge in [-0.05, 0) is 24.8 Å². The molecule has 3 atom stereocenters. The molecule has 1 unspecified atom stereocenters. The van der Waals surface area contributed by atoms with Gasteiger partial charge in [-0.3, -0.25) is 4.79 Å². The van der Waals surface area contributed by atoms with Crippen molar-refractivity contribution in [2.24, 2.45) is 5.92 Å². The van der Waals surface area contributed by atoms with E-state index in [-0.39, 0.29) is 36.5 Å². The molecule has 6 nitrogen and oxygen atoms in total. The first-order chi connectivity index (χ1) is 11.6. The number of amides is 3. The predicted molar refractivity (Wildman–Crippen MR) is 90.3 cm³/mol. The molecule has 1 saturated carbocycles. The fraction of sp³-hybridized carbons (Fsp3) is 0.556. The molecule has 1 saturated heterocycles. The minimum atomic E-state index is -0.310. The minimum Gasteiger partial charge on any atom is -0.393 e. The van der Waals surface area contributed by atoms with Gasteiger partial charge in [0.2, 0.25) is 5.91 Å². The lowest BCUT2D eigenvalue weighted by molar-refractivity contribution is -0.122. The van der Waals surface area contributed by atoms with E-state index >= 15 is 0 Å². The number of aliphatic hydroxyl groups is 1. The summed E-state index contributed by atoms with van der Waals surface area (Å²) in [6.45, 7) is 1.11. The number of benzene rings is 1. The normalized spacial score (nSPS) is 27.0. The van der Waals surface area contributed by atoms with E-state index in [9.17, 15) is 14.7 Å². The lowest BCUT2D eigenvalue weighted by Crippen LogP contribution is -2.51. The summed E-state index contributed by atoms with van der Waals surface area (Å²) in [5.74, 6) is -0.0194. The third-order valence-electron chi connectivity index (χ3n) is 4.99. The van der Waals surface area contributed by atoms with E-state index in [1.807, 2.05) is 30.3 Å². The maximum absolute atomic E-state index is 12.2. The molecule has 0 aromatic heterocycles. The highest BCUT2D eigenvalue weighted by molar-refractivity contribution is 5.84. The molecule has 0 radical (unpaired) electrons. The van der Waals surface area contributed by atoms with E-state index in [1.54, 1.807) is 4.90 Å². The number of nitrogens with one attached hydrogen (secondary N) is 2. The number of rotatable bonds is 5. The van der Waals surface area contributed by atoms with Gasteiger partial charge in [0.25, 0.3) is 0 Å². The number of carbonyl (C=O) groups excluding carboxylic acids is 2. The molecule has 1 heterocycles. The second kappa shape index (κ2) is 7.66. The molecule has 6 heteroatoms. The molecule has 1 aromatic rings. The highest BCUT2D eigenvalue weighted by Crippen LogP contribution is 2.24. The van der Waals surface area contributed by atoms with Crippen molar-refractivity contribution in [3.05, 3.63) is 35.9 Å². The van der Waals surface area contributed by atoms with Gasteiger partial charge in [0.15, 0.2) is 0 Å². The fourth-order valence-corrected chi connectivity index (χ4v) is 3.51. The zero-order valence-electron chi connectivity index (χ0n) is 13.8. The monoisotopic (exact) mass is 331 g/mol.